The zero-order valence-corrected chi connectivity index (χ0v) is 19.5. The first-order chi connectivity index (χ1) is 17.1. The molecule has 35 heavy (non-hydrogen) atoms. The van der Waals surface area contributed by atoms with E-state index in [0.29, 0.717) is 13.1 Å². The molecule has 0 saturated heterocycles. The van der Waals surface area contributed by atoms with Gasteiger partial charge in [-0.15, -0.1) is 0 Å². The molecule has 5 aromatic rings. The monoisotopic (exact) mass is 462 g/mol. The molecule has 3 aromatic carbocycles. The van der Waals surface area contributed by atoms with Gasteiger partial charge in [-0.2, -0.15) is 0 Å². The number of nitrogens with one attached hydrogen (secondary N) is 1. The number of carbonyl (C=O) groups excluding carboxylic acids is 1. The zero-order chi connectivity index (χ0) is 24.2. The van der Waals surface area contributed by atoms with Crippen LogP contribution in [0.5, 0.6) is 0 Å². The van der Waals surface area contributed by atoms with Crippen LogP contribution in [-0.2, 0) is 19.6 Å². The zero-order valence-electron chi connectivity index (χ0n) is 19.5. The number of aryl methyl sites for hydroxylation is 1. The lowest BCUT2D eigenvalue weighted by Gasteiger charge is -2.10. The van der Waals surface area contributed by atoms with Crippen molar-refractivity contribution < 1.29 is 4.79 Å². The van der Waals surface area contributed by atoms with E-state index in [4.69, 9.17) is 0 Å². The fraction of sp³-hybridized carbons (Fsp3) is 0.138. The van der Waals surface area contributed by atoms with Crippen LogP contribution in [0.3, 0.4) is 0 Å². The molecule has 2 heterocycles. The van der Waals surface area contributed by atoms with Gasteiger partial charge < -0.3 is 14.5 Å². The summed E-state index contributed by atoms with van der Waals surface area (Å²) in [6.07, 6.45) is 3.56. The normalized spacial score (nSPS) is 11.0. The number of nitrogens with zero attached hydrogens (tertiary/aromatic N) is 3. The van der Waals surface area contributed by atoms with E-state index in [2.05, 4.69) is 20.9 Å². The van der Waals surface area contributed by atoms with Crippen molar-refractivity contribution in [3.8, 4) is 0 Å². The smallest absolute Gasteiger partial charge is 0.263 e. The van der Waals surface area contributed by atoms with E-state index < -0.39 is 0 Å². The molecule has 174 valence electrons. The van der Waals surface area contributed by atoms with Crippen LogP contribution >= 0.6 is 0 Å². The third kappa shape index (κ3) is 5.06. The van der Waals surface area contributed by atoms with Crippen LogP contribution in [0.15, 0.2) is 102 Å². The van der Waals surface area contributed by atoms with Crippen molar-refractivity contribution in [2.24, 2.45) is 0 Å². The Morgan fingerprint density at radius 1 is 0.829 bits per heavy atom. The first-order valence-corrected chi connectivity index (χ1v) is 11.6. The van der Waals surface area contributed by atoms with Gasteiger partial charge in [-0.1, -0.05) is 66.2 Å². The quantitative estimate of drug-likeness (QED) is 0.386. The largest absolute Gasteiger partial charge is 0.348 e. The Morgan fingerprint density at radius 3 is 2.43 bits per heavy atom. The molecular weight excluding hydrogens is 436 g/mol. The lowest BCUT2D eigenvalue weighted by Crippen LogP contribution is -2.32. The number of carbonyl (C=O) groups is 1. The predicted octanol–water partition coefficient (Wildman–Crippen LogP) is 4.53. The van der Waals surface area contributed by atoms with Gasteiger partial charge in [0.15, 0.2) is 0 Å². The molecule has 1 N–H and O–H groups in total. The number of amides is 1. The minimum Gasteiger partial charge on any atom is -0.348 e. The van der Waals surface area contributed by atoms with Crippen LogP contribution in [0, 0.1) is 6.92 Å². The van der Waals surface area contributed by atoms with E-state index in [-0.39, 0.29) is 17.0 Å². The molecule has 0 bridgehead atoms. The van der Waals surface area contributed by atoms with Gasteiger partial charge in [0.25, 0.3) is 11.5 Å². The minimum atomic E-state index is -0.373. The van der Waals surface area contributed by atoms with E-state index in [0.717, 1.165) is 39.8 Å². The molecular formula is C29H26N4O2. The van der Waals surface area contributed by atoms with Crippen molar-refractivity contribution in [3.63, 3.8) is 0 Å². The van der Waals surface area contributed by atoms with Crippen molar-refractivity contribution in [2.45, 2.75) is 26.6 Å². The van der Waals surface area contributed by atoms with Crippen molar-refractivity contribution in [1.29, 1.82) is 0 Å². The molecule has 0 aliphatic carbocycles. The average Bonchev–Trinajstić information content (AvgIpc) is 3.27. The summed E-state index contributed by atoms with van der Waals surface area (Å²) in [5.41, 5.74) is 6.19. The summed E-state index contributed by atoms with van der Waals surface area (Å²) in [5.74, 6) is -0.373. The molecule has 6 nitrogen and oxygen atoms in total. The summed E-state index contributed by atoms with van der Waals surface area (Å²) in [6, 6.07) is 27.5. The van der Waals surface area contributed by atoms with Crippen LogP contribution in [-0.4, -0.2) is 20.0 Å². The average molecular weight is 463 g/mol. The summed E-state index contributed by atoms with van der Waals surface area (Å²) >= 11 is 0. The van der Waals surface area contributed by atoms with Gasteiger partial charge in [-0.3, -0.25) is 9.59 Å². The topological polar surface area (TPSA) is 68.9 Å². The van der Waals surface area contributed by atoms with Crippen molar-refractivity contribution in [3.05, 3.63) is 136 Å². The van der Waals surface area contributed by atoms with E-state index in [1.807, 2.05) is 80.0 Å². The van der Waals surface area contributed by atoms with E-state index >= 15 is 0 Å². The standard InChI is InChI=1S/C29H26N4O2/c1-21-6-4-7-24(16-21)19-32-15-5-8-25(29(32)35)28(34)30-17-22-11-13-23(14-12-22)18-33-20-31-26-9-2-3-10-27(26)33/h2-16,20H,17-19H2,1H3,(H,30,34). The lowest BCUT2D eigenvalue weighted by molar-refractivity contribution is 0.0949. The number of fused-ring (bicyclic) bond motifs is 1. The number of pyridine rings is 1. The van der Waals surface area contributed by atoms with Crippen molar-refractivity contribution in [1.82, 2.24) is 19.4 Å². The van der Waals surface area contributed by atoms with Crippen LogP contribution < -0.4 is 10.9 Å². The van der Waals surface area contributed by atoms with Gasteiger partial charge in [0.2, 0.25) is 0 Å². The minimum absolute atomic E-state index is 0.142. The maximum atomic E-state index is 12.9. The van der Waals surface area contributed by atoms with Gasteiger partial charge in [0, 0.05) is 19.3 Å². The Morgan fingerprint density at radius 2 is 1.60 bits per heavy atom. The van der Waals surface area contributed by atoms with Crippen LogP contribution in [0.25, 0.3) is 11.0 Å². The Labute approximate surface area is 203 Å². The molecule has 0 saturated carbocycles. The molecule has 1 amide bonds. The SMILES string of the molecule is Cc1cccc(Cn2cccc(C(=O)NCc3ccc(Cn4cnc5ccccc54)cc3)c2=O)c1. The molecule has 0 aliphatic heterocycles. The van der Waals surface area contributed by atoms with Crippen LogP contribution in [0.1, 0.15) is 32.6 Å². The fourth-order valence-electron chi connectivity index (χ4n) is 4.21. The summed E-state index contributed by atoms with van der Waals surface area (Å²) in [4.78, 5) is 30.1. The molecule has 2 aromatic heterocycles. The Hall–Kier alpha value is -4.45. The highest BCUT2D eigenvalue weighted by atomic mass is 16.2. The molecule has 0 fully saturated rings. The first-order valence-electron chi connectivity index (χ1n) is 11.6. The molecule has 0 spiro atoms. The molecule has 0 unspecified atom stereocenters. The van der Waals surface area contributed by atoms with Crippen molar-refractivity contribution >= 4 is 16.9 Å². The number of hydrogen-bond acceptors (Lipinski definition) is 3. The Balaban J connectivity index is 1.23. The second kappa shape index (κ2) is 9.81. The van der Waals surface area contributed by atoms with Gasteiger partial charge in [0.05, 0.1) is 23.9 Å². The first kappa shape index (κ1) is 22.3. The van der Waals surface area contributed by atoms with E-state index in [1.165, 1.54) is 0 Å². The number of imidazole rings is 1. The number of hydrogen-bond donors (Lipinski definition) is 1. The number of aromatic nitrogens is 3. The van der Waals surface area contributed by atoms with Gasteiger partial charge in [-0.25, -0.2) is 4.98 Å². The van der Waals surface area contributed by atoms with Gasteiger partial charge in [0.1, 0.15) is 5.56 Å². The highest BCUT2D eigenvalue weighted by Crippen LogP contribution is 2.14. The summed E-state index contributed by atoms with van der Waals surface area (Å²) in [7, 11) is 0. The maximum Gasteiger partial charge on any atom is 0.263 e. The summed E-state index contributed by atoms with van der Waals surface area (Å²) in [5, 5.41) is 2.88. The predicted molar refractivity (Wildman–Crippen MR) is 137 cm³/mol. The number of benzene rings is 3. The second-order valence-electron chi connectivity index (χ2n) is 8.70. The Kier molecular flexibility index (Phi) is 6.26. The Bertz CT molecular complexity index is 1550. The van der Waals surface area contributed by atoms with Gasteiger partial charge >= 0.3 is 0 Å². The number of para-hydroxylation sites is 2. The van der Waals surface area contributed by atoms with Gasteiger partial charge in [-0.05, 0) is 47.9 Å². The molecule has 0 aliphatic rings. The molecule has 6 heteroatoms. The summed E-state index contributed by atoms with van der Waals surface area (Å²) < 4.78 is 3.68. The highest BCUT2D eigenvalue weighted by molar-refractivity contribution is 5.93. The molecule has 5 rings (SSSR count). The van der Waals surface area contributed by atoms with Crippen LogP contribution in [0.4, 0.5) is 0 Å². The lowest BCUT2D eigenvalue weighted by atomic mass is 10.1. The molecule has 0 atom stereocenters. The summed E-state index contributed by atoms with van der Waals surface area (Å²) in [6.45, 7) is 3.51. The van der Waals surface area contributed by atoms with E-state index in [9.17, 15) is 9.59 Å². The number of rotatable bonds is 7. The third-order valence-electron chi connectivity index (χ3n) is 6.06. The highest BCUT2D eigenvalue weighted by Gasteiger charge is 2.12. The van der Waals surface area contributed by atoms with Crippen molar-refractivity contribution in [2.75, 3.05) is 0 Å². The second-order valence-corrected chi connectivity index (χ2v) is 8.70. The maximum absolute atomic E-state index is 12.9. The molecule has 0 radical (unpaired) electrons. The third-order valence-corrected chi connectivity index (χ3v) is 6.06. The van der Waals surface area contributed by atoms with E-state index in [1.54, 1.807) is 22.9 Å². The van der Waals surface area contributed by atoms with Crippen LogP contribution in [0.2, 0.25) is 0 Å². The fourth-order valence-corrected chi connectivity index (χ4v) is 4.21.